The van der Waals surface area contributed by atoms with E-state index in [1.807, 2.05) is 100 Å². The molecule has 0 aromatic heterocycles. The second kappa shape index (κ2) is 22.4. The molecule has 3 aliphatic rings. The highest BCUT2D eigenvalue weighted by Crippen LogP contribution is 2.32. The molecule has 364 valence electrons. The third-order valence-electron chi connectivity index (χ3n) is 15.5. The van der Waals surface area contributed by atoms with Gasteiger partial charge in [-0.1, -0.05) is 62.4 Å². The molecule has 3 aliphatic heterocycles. The Morgan fingerprint density at radius 3 is 1.07 bits per heavy atom. The van der Waals surface area contributed by atoms with Gasteiger partial charge in [-0.2, -0.15) is 0 Å². The predicted molar refractivity (Wildman–Crippen MR) is 275 cm³/mol. The first-order valence-electron chi connectivity index (χ1n) is 25.0. The van der Waals surface area contributed by atoms with E-state index in [0.717, 1.165) is 86.0 Å². The van der Waals surface area contributed by atoms with Crippen LogP contribution >= 0.6 is 0 Å². The summed E-state index contributed by atoms with van der Waals surface area (Å²) in [4.78, 5) is 68.9. The number of rotatable bonds is 18. The summed E-state index contributed by atoms with van der Waals surface area (Å²) in [5.74, 6) is -0.364. The average molecular weight is 925 g/mol. The molecule has 0 aliphatic carbocycles. The molecule has 2 N–H and O–H groups in total. The summed E-state index contributed by atoms with van der Waals surface area (Å²) in [6.07, 6.45) is 2.42. The molecule has 0 spiro atoms. The van der Waals surface area contributed by atoms with Crippen LogP contribution in [0.1, 0.15) is 95.3 Å². The van der Waals surface area contributed by atoms with Gasteiger partial charge in [0.05, 0.1) is 22.9 Å². The van der Waals surface area contributed by atoms with Crippen molar-refractivity contribution in [1.29, 1.82) is 0 Å². The van der Waals surface area contributed by atoms with Crippen LogP contribution in [0.5, 0.6) is 0 Å². The van der Waals surface area contributed by atoms with Gasteiger partial charge < -0.3 is 30.2 Å². The number of Topliss-reactive ketones (excluding diaryl/α,β-unsaturated/α-hetero) is 2. The molecule has 2 amide bonds. The number of amides is 2. The Morgan fingerprint density at radius 2 is 0.794 bits per heavy atom. The quantitative estimate of drug-likeness (QED) is 0.110. The van der Waals surface area contributed by atoms with Crippen molar-refractivity contribution in [3.63, 3.8) is 0 Å². The predicted octanol–water partition coefficient (Wildman–Crippen LogP) is 6.36. The van der Waals surface area contributed by atoms with Crippen molar-refractivity contribution in [3.05, 3.63) is 130 Å². The van der Waals surface area contributed by atoms with Gasteiger partial charge in [-0.15, -0.1) is 0 Å². The summed E-state index contributed by atoms with van der Waals surface area (Å²) in [5, 5.41) is 6.79. The molecule has 0 saturated carbocycles. The van der Waals surface area contributed by atoms with Crippen LogP contribution in [0.4, 0.5) is 11.4 Å². The molecule has 12 nitrogen and oxygen atoms in total. The molecular weight excluding hydrogens is 849 g/mol. The number of carbonyl (C=O) groups is 4. The van der Waals surface area contributed by atoms with E-state index in [9.17, 15) is 19.2 Å². The van der Waals surface area contributed by atoms with Crippen LogP contribution in [0.15, 0.2) is 97.1 Å². The number of anilines is 2. The Bertz CT molecular complexity index is 2150. The Kier molecular flexibility index (Phi) is 16.6. The van der Waals surface area contributed by atoms with E-state index in [0.29, 0.717) is 63.0 Å². The fraction of sp³-hybridized carbons (Fsp3) is 0.500. The number of benzene rings is 4. The molecule has 68 heavy (non-hydrogen) atoms. The zero-order valence-corrected chi connectivity index (χ0v) is 42.0. The number of piperazine rings is 3. The van der Waals surface area contributed by atoms with E-state index in [-0.39, 0.29) is 35.2 Å². The van der Waals surface area contributed by atoms with E-state index < -0.39 is 11.1 Å². The van der Waals surface area contributed by atoms with Gasteiger partial charge in [0.25, 0.3) is 0 Å². The van der Waals surface area contributed by atoms with Crippen LogP contribution < -0.4 is 20.4 Å². The van der Waals surface area contributed by atoms with Gasteiger partial charge in [-0.05, 0) is 139 Å². The number of carbonyl (C=O) groups excluding carboxylic acids is 4. The van der Waals surface area contributed by atoms with Crippen molar-refractivity contribution in [2.75, 3.05) is 117 Å². The molecule has 3 fully saturated rings. The molecule has 0 bridgehead atoms. The minimum Gasteiger partial charge on any atom is -0.369 e. The highest BCUT2D eigenvalue weighted by molar-refractivity contribution is 6.04. The Hall–Kier alpha value is -5.40. The van der Waals surface area contributed by atoms with Gasteiger partial charge in [-0.25, -0.2) is 0 Å². The van der Waals surface area contributed by atoms with Gasteiger partial charge >= 0.3 is 0 Å². The molecule has 3 heterocycles. The van der Waals surface area contributed by atoms with Gasteiger partial charge in [0.15, 0.2) is 11.6 Å². The molecule has 0 radical (unpaired) electrons. The van der Waals surface area contributed by atoms with Gasteiger partial charge in [0.1, 0.15) is 0 Å². The lowest BCUT2D eigenvalue weighted by Gasteiger charge is -2.38. The van der Waals surface area contributed by atoms with E-state index >= 15 is 0 Å². The summed E-state index contributed by atoms with van der Waals surface area (Å²) in [6, 6.07) is 32.6. The maximum absolute atomic E-state index is 14.3. The maximum Gasteiger partial charge on any atom is 0.229 e. The zero-order valence-electron chi connectivity index (χ0n) is 42.0. The largest absolute Gasteiger partial charge is 0.369 e. The smallest absolute Gasteiger partial charge is 0.229 e. The summed E-state index contributed by atoms with van der Waals surface area (Å²) < 4.78 is 0. The van der Waals surface area contributed by atoms with Crippen molar-refractivity contribution >= 4 is 34.8 Å². The Morgan fingerprint density at radius 1 is 0.485 bits per heavy atom. The number of nitrogens with zero attached hydrogens (tertiary/aromatic N) is 6. The minimum atomic E-state index is -0.716. The summed E-state index contributed by atoms with van der Waals surface area (Å²) >= 11 is 0. The average Bonchev–Trinajstić information content (AvgIpc) is 3.39. The normalized spacial score (nSPS) is 18.5. The van der Waals surface area contributed by atoms with Gasteiger partial charge in [-0.3, -0.25) is 29.0 Å². The van der Waals surface area contributed by atoms with Crippen LogP contribution in [0.3, 0.4) is 0 Å². The van der Waals surface area contributed by atoms with Crippen molar-refractivity contribution < 1.29 is 19.2 Å². The fourth-order valence-electron chi connectivity index (χ4n) is 10.6. The third kappa shape index (κ3) is 10.9. The molecule has 4 unspecified atom stereocenters. The van der Waals surface area contributed by atoms with Crippen LogP contribution in [-0.2, 0) is 22.4 Å². The molecule has 7 rings (SSSR count). The molecule has 12 heteroatoms. The minimum absolute atomic E-state index is 0.0516. The number of hydrogen-bond acceptors (Lipinski definition) is 10. The van der Waals surface area contributed by atoms with Crippen molar-refractivity contribution in [1.82, 2.24) is 30.2 Å². The monoisotopic (exact) mass is 925 g/mol. The van der Waals surface area contributed by atoms with E-state index in [4.69, 9.17) is 0 Å². The Labute approximate surface area is 406 Å². The zero-order chi connectivity index (χ0) is 48.6. The molecule has 3 saturated heterocycles. The summed E-state index contributed by atoms with van der Waals surface area (Å²) in [6.45, 7) is 17.7. The van der Waals surface area contributed by atoms with Crippen LogP contribution in [0.25, 0.3) is 0 Å². The van der Waals surface area contributed by atoms with Crippen LogP contribution in [0.2, 0.25) is 0 Å². The highest BCUT2D eigenvalue weighted by atomic mass is 16.2. The first-order chi connectivity index (χ1) is 32.7. The number of likely N-dealkylation sites (N-methyl/N-ethyl adjacent to an activating group) is 2. The third-order valence-corrected chi connectivity index (χ3v) is 15.5. The molecule has 4 aromatic carbocycles. The number of hydrogen-bond donors (Lipinski definition) is 2. The van der Waals surface area contributed by atoms with E-state index in [2.05, 4.69) is 92.6 Å². The number of nitrogens with one attached hydrogen (secondary N) is 2. The molecule has 4 atom stereocenters. The Balaban J connectivity index is 0.919. The first-order valence-corrected chi connectivity index (χ1v) is 25.0. The van der Waals surface area contributed by atoms with Crippen molar-refractivity contribution in [2.24, 2.45) is 0 Å². The lowest BCUT2D eigenvalue weighted by Crippen LogP contribution is -2.52. The van der Waals surface area contributed by atoms with Gasteiger partial charge in [0, 0.05) is 101 Å². The SMILES string of the molecule is CCC(Cc1ccc(C(C)C(=O)N2CCN(C(=O)C(C)c3ccc(CC(CC)(C(=O)c4ccc(N5CCNCC5)cc4)N(C)C)cc3)CC2)cc1)(C(=O)c1ccc(N2CCNCC2)cc1)N(C)C. The second-order valence-electron chi connectivity index (χ2n) is 19.7. The lowest BCUT2D eigenvalue weighted by molar-refractivity contribution is -0.140. The lowest BCUT2D eigenvalue weighted by atomic mass is 9.80. The fourth-order valence-corrected chi connectivity index (χ4v) is 10.6. The summed E-state index contributed by atoms with van der Waals surface area (Å²) in [5.41, 5.74) is 6.25. The second-order valence-corrected chi connectivity index (χ2v) is 19.7. The van der Waals surface area contributed by atoms with E-state index in [1.54, 1.807) is 0 Å². The number of ketones is 2. The topological polar surface area (TPSA) is 112 Å². The van der Waals surface area contributed by atoms with Crippen LogP contribution in [0, 0.1) is 0 Å². The summed E-state index contributed by atoms with van der Waals surface area (Å²) in [7, 11) is 7.95. The molecule has 4 aromatic rings. The maximum atomic E-state index is 14.3. The van der Waals surface area contributed by atoms with Crippen LogP contribution in [-0.4, -0.2) is 161 Å². The molecular formula is C56H76N8O4. The van der Waals surface area contributed by atoms with Gasteiger partial charge in [0.2, 0.25) is 11.8 Å². The first kappa shape index (κ1) is 50.5. The van der Waals surface area contributed by atoms with Crippen molar-refractivity contribution in [3.8, 4) is 0 Å². The standard InChI is InChI=1S/C56H76N8O4/c1-9-55(59(5)6,51(65)47-19-23-49(24-20-47)61-31-27-57-28-32-61)39-43-11-15-45(16-12-43)41(3)53(67)63-35-37-64(38-36-63)54(68)42(4)46-17-13-44(14-18-46)40-56(10-2,60(7)8)52(66)48-21-25-50(26-22-48)62-33-29-58-30-34-62/h11-26,41-42,57-58H,9-10,27-40H2,1-8H3. The highest BCUT2D eigenvalue weighted by Gasteiger charge is 2.41. The van der Waals surface area contributed by atoms with Crippen molar-refractivity contribution in [2.45, 2.75) is 76.3 Å². The van der Waals surface area contributed by atoms with E-state index in [1.165, 1.54) is 0 Å².